The molecule has 0 saturated heterocycles. The maximum atomic E-state index is 11.3. The van der Waals surface area contributed by atoms with E-state index in [1.165, 1.54) is 0 Å². The Morgan fingerprint density at radius 1 is 1.25 bits per heavy atom. The van der Waals surface area contributed by atoms with E-state index in [4.69, 9.17) is 0 Å². The molecule has 0 aromatic carbocycles. The SMILES string of the molecule is CC(C)CNC(=O)CNCCN(C)C(C)C. The number of hydrogen-bond donors (Lipinski definition) is 2. The lowest BCUT2D eigenvalue weighted by Gasteiger charge is -2.20. The molecule has 0 aliphatic rings. The van der Waals surface area contributed by atoms with Gasteiger partial charge in [0, 0.05) is 25.7 Å². The van der Waals surface area contributed by atoms with Gasteiger partial charge in [0.05, 0.1) is 6.54 Å². The second-order valence-electron chi connectivity index (χ2n) is 4.95. The van der Waals surface area contributed by atoms with Gasteiger partial charge in [-0.3, -0.25) is 4.79 Å². The fourth-order valence-corrected chi connectivity index (χ4v) is 1.10. The first-order chi connectivity index (χ1) is 7.43. The molecule has 0 rings (SSSR count). The predicted molar refractivity (Wildman–Crippen MR) is 68.5 cm³/mol. The summed E-state index contributed by atoms with van der Waals surface area (Å²) < 4.78 is 0. The second-order valence-corrected chi connectivity index (χ2v) is 4.95. The van der Waals surface area contributed by atoms with E-state index < -0.39 is 0 Å². The van der Waals surface area contributed by atoms with Crippen molar-refractivity contribution in [2.45, 2.75) is 33.7 Å². The van der Waals surface area contributed by atoms with Crippen LogP contribution in [0.25, 0.3) is 0 Å². The molecule has 4 heteroatoms. The minimum Gasteiger partial charge on any atom is -0.355 e. The van der Waals surface area contributed by atoms with Gasteiger partial charge >= 0.3 is 0 Å². The average molecular weight is 229 g/mol. The normalized spacial score (nSPS) is 11.5. The van der Waals surface area contributed by atoms with Crippen molar-refractivity contribution in [1.29, 1.82) is 0 Å². The Kier molecular flexibility index (Phi) is 8.21. The van der Waals surface area contributed by atoms with Gasteiger partial charge in [-0.25, -0.2) is 0 Å². The number of hydrogen-bond acceptors (Lipinski definition) is 3. The first-order valence-corrected chi connectivity index (χ1v) is 6.11. The number of carbonyl (C=O) groups excluding carboxylic acids is 1. The Hall–Kier alpha value is -0.610. The summed E-state index contributed by atoms with van der Waals surface area (Å²) >= 11 is 0. The lowest BCUT2D eigenvalue weighted by atomic mass is 10.2. The van der Waals surface area contributed by atoms with E-state index in [1.807, 2.05) is 0 Å². The molecule has 0 saturated carbocycles. The van der Waals surface area contributed by atoms with E-state index in [0.717, 1.165) is 19.6 Å². The Bertz CT molecular complexity index is 193. The van der Waals surface area contributed by atoms with Gasteiger partial charge in [0.25, 0.3) is 0 Å². The zero-order chi connectivity index (χ0) is 12.6. The monoisotopic (exact) mass is 229 g/mol. The first kappa shape index (κ1) is 15.4. The van der Waals surface area contributed by atoms with Gasteiger partial charge < -0.3 is 15.5 Å². The van der Waals surface area contributed by atoms with E-state index in [2.05, 4.69) is 50.3 Å². The topological polar surface area (TPSA) is 44.4 Å². The summed E-state index contributed by atoms with van der Waals surface area (Å²) in [6.07, 6.45) is 0. The maximum absolute atomic E-state index is 11.3. The van der Waals surface area contributed by atoms with E-state index >= 15 is 0 Å². The summed E-state index contributed by atoms with van der Waals surface area (Å²) in [6, 6.07) is 0.552. The van der Waals surface area contributed by atoms with Gasteiger partial charge in [0.2, 0.25) is 5.91 Å². The van der Waals surface area contributed by atoms with Crippen molar-refractivity contribution < 1.29 is 4.79 Å². The number of carbonyl (C=O) groups is 1. The Morgan fingerprint density at radius 2 is 1.88 bits per heavy atom. The molecule has 0 bridgehead atoms. The van der Waals surface area contributed by atoms with Crippen molar-refractivity contribution in [3.05, 3.63) is 0 Å². The van der Waals surface area contributed by atoms with Gasteiger partial charge in [0.15, 0.2) is 0 Å². The molecule has 0 fully saturated rings. The summed E-state index contributed by atoms with van der Waals surface area (Å²) in [5.41, 5.74) is 0. The molecule has 96 valence electrons. The highest BCUT2D eigenvalue weighted by Crippen LogP contribution is 1.90. The van der Waals surface area contributed by atoms with Crippen molar-refractivity contribution in [2.75, 3.05) is 33.2 Å². The van der Waals surface area contributed by atoms with Gasteiger partial charge in [-0.15, -0.1) is 0 Å². The third-order valence-corrected chi connectivity index (χ3v) is 2.52. The molecule has 4 nitrogen and oxygen atoms in total. The summed E-state index contributed by atoms with van der Waals surface area (Å²) in [5.74, 6) is 0.594. The highest BCUT2D eigenvalue weighted by atomic mass is 16.1. The van der Waals surface area contributed by atoms with Crippen molar-refractivity contribution in [2.24, 2.45) is 5.92 Å². The summed E-state index contributed by atoms with van der Waals surface area (Å²) in [6.45, 7) is 11.5. The molecular formula is C12H27N3O. The standard InChI is InChI=1S/C12H27N3O/c1-10(2)8-14-12(16)9-13-6-7-15(5)11(3)4/h10-11,13H,6-9H2,1-5H3,(H,14,16). The Morgan fingerprint density at radius 3 is 2.38 bits per heavy atom. The van der Waals surface area contributed by atoms with Crippen LogP contribution in [0.3, 0.4) is 0 Å². The van der Waals surface area contributed by atoms with Crippen LogP contribution in [0.1, 0.15) is 27.7 Å². The molecule has 16 heavy (non-hydrogen) atoms. The van der Waals surface area contributed by atoms with Crippen LogP contribution in [0.15, 0.2) is 0 Å². The fraction of sp³-hybridized carbons (Fsp3) is 0.917. The van der Waals surface area contributed by atoms with Crippen LogP contribution in [0, 0.1) is 5.92 Å². The molecule has 0 radical (unpaired) electrons. The lowest BCUT2D eigenvalue weighted by molar-refractivity contribution is -0.120. The fourth-order valence-electron chi connectivity index (χ4n) is 1.10. The van der Waals surface area contributed by atoms with Crippen LogP contribution in [-0.4, -0.2) is 50.1 Å². The minimum atomic E-state index is 0.0842. The first-order valence-electron chi connectivity index (χ1n) is 6.11. The van der Waals surface area contributed by atoms with Crippen molar-refractivity contribution >= 4 is 5.91 Å². The van der Waals surface area contributed by atoms with E-state index in [0.29, 0.717) is 18.5 Å². The molecule has 0 aliphatic heterocycles. The molecule has 0 aromatic rings. The molecule has 0 aliphatic carbocycles. The summed E-state index contributed by atoms with van der Waals surface area (Å²) in [4.78, 5) is 13.6. The van der Waals surface area contributed by atoms with Gasteiger partial charge in [-0.05, 0) is 26.8 Å². The Labute approximate surface area is 99.8 Å². The zero-order valence-corrected chi connectivity index (χ0v) is 11.3. The second kappa shape index (κ2) is 8.53. The van der Waals surface area contributed by atoms with E-state index in [-0.39, 0.29) is 5.91 Å². The largest absolute Gasteiger partial charge is 0.355 e. The highest BCUT2D eigenvalue weighted by Gasteiger charge is 2.04. The third kappa shape index (κ3) is 8.68. The molecule has 0 unspecified atom stereocenters. The molecule has 0 atom stereocenters. The molecule has 0 heterocycles. The Balaban J connectivity index is 3.41. The van der Waals surface area contributed by atoms with Crippen molar-refractivity contribution in [3.8, 4) is 0 Å². The number of nitrogens with zero attached hydrogens (tertiary/aromatic N) is 1. The van der Waals surface area contributed by atoms with Gasteiger partial charge in [0.1, 0.15) is 0 Å². The van der Waals surface area contributed by atoms with Crippen LogP contribution in [-0.2, 0) is 4.79 Å². The van der Waals surface area contributed by atoms with Crippen LogP contribution < -0.4 is 10.6 Å². The van der Waals surface area contributed by atoms with Crippen molar-refractivity contribution in [1.82, 2.24) is 15.5 Å². The molecule has 0 spiro atoms. The number of nitrogens with one attached hydrogen (secondary N) is 2. The van der Waals surface area contributed by atoms with Crippen molar-refractivity contribution in [3.63, 3.8) is 0 Å². The summed E-state index contributed by atoms with van der Waals surface area (Å²) in [5, 5.41) is 6.02. The minimum absolute atomic E-state index is 0.0842. The highest BCUT2D eigenvalue weighted by molar-refractivity contribution is 5.77. The van der Waals surface area contributed by atoms with Crippen LogP contribution in [0.4, 0.5) is 0 Å². The van der Waals surface area contributed by atoms with Crippen LogP contribution >= 0.6 is 0 Å². The van der Waals surface area contributed by atoms with Crippen LogP contribution in [0.5, 0.6) is 0 Å². The number of amides is 1. The molecular weight excluding hydrogens is 202 g/mol. The van der Waals surface area contributed by atoms with Gasteiger partial charge in [-0.2, -0.15) is 0 Å². The van der Waals surface area contributed by atoms with E-state index in [9.17, 15) is 4.79 Å². The van der Waals surface area contributed by atoms with Gasteiger partial charge in [-0.1, -0.05) is 13.8 Å². The van der Waals surface area contributed by atoms with Crippen LogP contribution in [0.2, 0.25) is 0 Å². The maximum Gasteiger partial charge on any atom is 0.233 e. The average Bonchev–Trinajstić information content (AvgIpc) is 2.20. The molecule has 0 aromatic heterocycles. The quantitative estimate of drug-likeness (QED) is 0.602. The smallest absolute Gasteiger partial charge is 0.233 e. The lowest BCUT2D eigenvalue weighted by Crippen LogP contribution is -2.39. The number of rotatable bonds is 8. The predicted octanol–water partition coefficient (Wildman–Crippen LogP) is 0.688. The van der Waals surface area contributed by atoms with E-state index in [1.54, 1.807) is 0 Å². The summed E-state index contributed by atoms with van der Waals surface area (Å²) in [7, 11) is 2.09. The molecule has 2 N–H and O–H groups in total. The number of likely N-dealkylation sites (N-methyl/N-ethyl adjacent to an activating group) is 1. The third-order valence-electron chi connectivity index (χ3n) is 2.52. The zero-order valence-electron chi connectivity index (χ0n) is 11.3. The molecule has 1 amide bonds.